The molecule has 3 rings (SSSR count). The third kappa shape index (κ3) is 2.93. The average Bonchev–Trinajstić information content (AvgIpc) is 3.18. The Morgan fingerprint density at radius 3 is 2.81 bits per heavy atom. The number of thiazole rings is 1. The second-order valence-electron chi connectivity index (χ2n) is 6.07. The van der Waals surface area contributed by atoms with E-state index >= 15 is 0 Å². The predicted octanol–water partition coefficient (Wildman–Crippen LogP) is 3.79. The van der Waals surface area contributed by atoms with Gasteiger partial charge in [-0.2, -0.15) is 0 Å². The molecule has 1 aliphatic heterocycles. The van der Waals surface area contributed by atoms with Gasteiger partial charge in [-0.05, 0) is 45.4 Å². The highest BCUT2D eigenvalue weighted by Gasteiger charge is 2.35. The SMILES string of the molecule is CCOC(=O)c1nc(N2CCCC2C2CCCC2)sc1C. The van der Waals surface area contributed by atoms with Crippen molar-refractivity contribution in [1.82, 2.24) is 4.98 Å². The molecular formula is C16H24N2O2S. The van der Waals surface area contributed by atoms with Crippen LogP contribution in [-0.4, -0.2) is 30.1 Å². The van der Waals surface area contributed by atoms with Crippen LogP contribution in [0.15, 0.2) is 0 Å². The van der Waals surface area contributed by atoms with Gasteiger partial charge in [-0.1, -0.05) is 12.8 Å². The van der Waals surface area contributed by atoms with Crippen molar-refractivity contribution >= 4 is 22.4 Å². The fraction of sp³-hybridized carbons (Fsp3) is 0.750. The highest BCUT2D eigenvalue weighted by molar-refractivity contribution is 7.15. The van der Waals surface area contributed by atoms with Crippen LogP contribution in [0, 0.1) is 12.8 Å². The molecule has 1 aromatic heterocycles. The summed E-state index contributed by atoms with van der Waals surface area (Å²) in [5.41, 5.74) is 0.508. The first kappa shape index (κ1) is 14.8. The number of ether oxygens (including phenoxy) is 1. The molecule has 116 valence electrons. The van der Waals surface area contributed by atoms with Gasteiger partial charge in [0, 0.05) is 17.5 Å². The maximum atomic E-state index is 11.9. The molecule has 0 radical (unpaired) electrons. The largest absolute Gasteiger partial charge is 0.461 e. The lowest BCUT2D eigenvalue weighted by molar-refractivity contribution is 0.0519. The minimum atomic E-state index is -0.283. The molecule has 0 bridgehead atoms. The maximum absolute atomic E-state index is 11.9. The molecule has 1 aliphatic carbocycles. The fourth-order valence-corrected chi connectivity index (χ4v) is 4.74. The summed E-state index contributed by atoms with van der Waals surface area (Å²) in [5.74, 6) is 0.539. The van der Waals surface area contributed by atoms with Crippen molar-refractivity contribution in [2.24, 2.45) is 5.92 Å². The highest BCUT2D eigenvalue weighted by atomic mass is 32.1. The number of aryl methyl sites for hydroxylation is 1. The topological polar surface area (TPSA) is 42.4 Å². The zero-order valence-electron chi connectivity index (χ0n) is 12.9. The van der Waals surface area contributed by atoms with E-state index < -0.39 is 0 Å². The van der Waals surface area contributed by atoms with Crippen LogP contribution in [0.2, 0.25) is 0 Å². The van der Waals surface area contributed by atoms with E-state index in [4.69, 9.17) is 4.74 Å². The van der Waals surface area contributed by atoms with Gasteiger partial charge in [0.1, 0.15) is 0 Å². The number of aromatic nitrogens is 1. The summed E-state index contributed by atoms with van der Waals surface area (Å²) in [6.45, 7) is 5.28. The maximum Gasteiger partial charge on any atom is 0.358 e. The van der Waals surface area contributed by atoms with E-state index in [-0.39, 0.29) is 5.97 Å². The Hall–Kier alpha value is -1.10. The predicted molar refractivity (Wildman–Crippen MR) is 85.1 cm³/mol. The monoisotopic (exact) mass is 308 g/mol. The van der Waals surface area contributed by atoms with Gasteiger partial charge < -0.3 is 9.64 Å². The molecule has 2 heterocycles. The Morgan fingerprint density at radius 1 is 1.33 bits per heavy atom. The average molecular weight is 308 g/mol. The third-order valence-corrected chi connectivity index (χ3v) is 5.75. The van der Waals surface area contributed by atoms with Crippen LogP contribution in [0.3, 0.4) is 0 Å². The van der Waals surface area contributed by atoms with Crippen LogP contribution in [-0.2, 0) is 4.74 Å². The quantitative estimate of drug-likeness (QED) is 0.794. The zero-order chi connectivity index (χ0) is 14.8. The van der Waals surface area contributed by atoms with Gasteiger partial charge in [-0.3, -0.25) is 0 Å². The smallest absolute Gasteiger partial charge is 0.358 e. The van der Waals surface area contributed by atoms with E-state index in [2.05, 4.69) is 9.88 Å². The molecule has 0 N–H and O–H groups in total. The molecule has 21 heavy (non-hydrogen) atoms. The number of anilines is 1. The molecule has 1 saturated carbocycles. The van der Waals surface area contributed by atoms with Gasteiger partial charge >= 0.3 is 5.97 Å². The van der Waals surface area contributed by atoms with Crippen molar-refractivity contribution < 1.29 is 9.53 Å². The van der Waals surface area contributed by atoms with E-state index in [1.807, 2.05) is 13.8 Å². The van der Waals surface area contributed by atoms with Crippen molar-refractivity contribution in [2.45, 2.75) is 58.4 Å². The van der Waals surface area contributed by atoms with E-state index in [1.165, 1.54) is 38.5 Å². The molecule has 0 spiro atoms. The lowest BCUT2D eigenvalue weighted by Gasteiger charge is -2.29. The minimum Gasteiger partial charge on any atom is -0.461 e. The Kier molecular flexibility index (Phi) is 4.48. The Balaban J connectivity index is 1.79. The van der Waals surface area contributed by atoms with Gasteiger partial charge in [-0.15, -0.1) is 11.3 Å². The number of esters is 1. The molecule has 1 atom stereocenters. The molecule has 4 nitrogen and oxygen atoms in total. The molecule has 2 aliphatic rings. The van der Waals surface area contributed by atoms with Crippen molar-refractivity contribution in [2.75, 3.05) is 18.1 Å². The Bertz CT molecular complexity index is 508. The summed E-state index contributed by atoms with van der Waals surface area (Å²) in [4.78, 5) is 20.0. The Labute approximate surface area is 130 Å². The van der Waals surface area contributed by atoms with Gasteiger partial charge in [0.25, 0.3) is 0 Å². The second kappa shape index (κ2) is 6.34. The summed E-state index contributed by atoms with van der Waals surface area (Å²) in [7, 11) is 0. The molecule has 1 unspecified atom stereocenters. The van der Waals surface area contributed by atoms with Gasteiger partial charge in [-0.25, -0.2) is 9.78 Å². The number of hydrogen-bond acceptors (Lipinski definition) is 5. The normalized spacial score (nSPS) is 23.0. The van der Waals surface area contributed by atoms with E-state index in [9.17, 15) is 4.79 Å². The van der Waals surface area contributed by atoms with Crippen LogP contribution < -0.4 is 4.90 Å². The number of carbonyl (C=O) groups excluding carboxylic acids is 1. The van der Waals surface area contributed by atoms with Gasteiger partial charge in [0.05, 0.1) is 6.61 Å². The molecule has 2 fully saturated rings. The summed E-state index contributed by atoms with van der Waals surface area (Å²) >= 11 is 1.64. The molecule has 0 amide bonds. The van der Waals surface area contributed by atoms with Crippen molar-refractivity contribution in [3.8, 4) is 0 Å². The third-order valence-electron chi connectivity index (χ3n) is 4.74. The summed E-state index contributed by atoms with van der Waals surface area (Å²) < 4.78 is 5.10. The first-order valence-corrected chi connectivity index (χ1v) is 8.93. The first-order chi connectivity index (χ1) is 10.2. The number of nitrogens with zero attached hydrogens (tertiary/aromatic N) is 2. The molecular weight excluding hydrogens is 284 g/mol. The molecule has 5 heteroatoms. The number of hydrogen-bond donors (Lipinski definition) is 0. The second-order valence-corrected chi connectivity index (χ2v) is 7.25. The Morgan fingerprint density at radius 2 is 2.10 bits per heavy atom. The minimum absolute atomic E-state index is 0.283. The first-order valence-electron chi connectivity index (χ1n) is 8.12. The van der Waals surface area contributed by atoms with E-state index in [0.29, 0.717) is 18.3 Å². The summed E-state index contributed by atoms with van der Waals surface area (Å²) in [5, 5.41) is 1.02. The number of carbonyl (C=O) groups is 1. The summed E-state index contributed by atoms with van der Waals surface area (Å²) in [6.07, 6.45) is 7.99. The van der Waals surface area contributed by atoms with Crippen LogP contribution in [0.4, 0.5) is 5.13 Å². The molecule has 1 saturated heterocycles. The van der Waals surface area contributed by atoms with E-state index in [0.717, 1.165) is 22.5 Å². The lowest BCUT2D eigenvalue weighted by Crippen LogP contribution is -2.34. The zero-order valence-corrected chi connectivity index (χ0v) is 13.7. The van der Waals surface area contributed by atoms with E-state index in [1.54, 1.807) is 11.3 Å². The standard InChI is InChI=1S/C16H24N2O2S/c1-3-20-15(19)14-11(2)21-16(17-14)18-10-6-9-13(18)12-7-4-5-8-12/h12-13H,3-10H2,1-2H3. The molecule has 1 aromatic rings. The van der Waals surface area contributed by atoms with Crippen molar-refractivity contribution in [1.29, 1.82) is 0 Å². The summed E-state index contributed by atoms with van der Waals surface area (Å²) in [6, 6.07) is 0.632. The molecule has 0 aromatic carbocycles. The highest BCUT2D eigenvalue weighted by Crippen LogP contribution is 2.39. The van der Waals surface area contributed by atoms with Gasteiger partial charge in [0.15, 0.2) is 10.8 Å². The van der Waals surface area contributed by atoms with Crippen molar-refractivity contribution in [3.05, 3.63) is 10.6 Å². The fourth-order valence-electron chi connectivity index (χ4n) is 3.76. The van der Waals surface area contributed by atoms with Crippen LogP contribution in [0.5, 0.6) is 0 Å². The number of rotatable bonds is 4. The lowest BCUT2D eigenvalue weighted by atomic mass is 9.96. The van der Waals surface area contributed by atoms with Crippen LogP contribution in [0.1, 0.15) is 60.8 Å². The van der Waals surface area contributed by atoms with Gasteiger partial charge in [0.2, 0.25) is 0 Å². The van der Waals surface area contributed by atoms with Crippen molar-refractivity contribution in [3.63, 3.8) is 0 Å². The van der Waals surface area contributed by atoms with Crippen LogP contribution in [0.25, 0.3) is 0 Å². The van der Waals surface area contributed by atoms with Crippen LogP contribution >= 0.6 is 11.3 Å².